The summed E-state index contributed by atoms with van der Waals surface area (Å²) < 4.78 is 12.8. The molecule has 1 atom stereocenters. The van der Waals surface area contributed by atoms with E-state index in [1.807, 2.05) is 19.0 Å². The van der Waals surface area contributed by atoms with Gasteiger partial charge in [0.25, 0.3) is 0 Å². The van der Waals surface area contributed by atoms with Gasteiger partial charge < -0.3 is 15.1 Å². The van der Waals surface area contributed by atoms with E-state index in [1.54, 1.807) is 17.0 Å². The first-order chi connectivity index (χ1) is 11.0. The number of hydrogen-bond donors (Lipinski definition) is 1. The Morgan fingerprint density at radius 1 is 1.35 bits per heavy atom. The standard InChI is InChI=1S/C17H24FN3O2/c1-20(2)9-10-21-12-14(11-16(21)22)17(23)19-8-7-13-3-5-15(18)6-4-13/h3-6,14H,7-12H2,1-2H3,(H,19,23)/t14-/m1/s1. The Labute approximate surface area is 136 Å². The second kappa shape index (κ2) is 8.06. The zero-order valence-corrected chi connectivity index (χ0v) is 13.7. The van der Waals surface area contributed by atoms with Crippen LogP contribution < -0.4 is 5.32 Å². The Bertz CT molecular complexity index is 545. The molecule has 1 heterocycles. The van der Waals surface area contributed by atoms with Gasteiger partial charge in [-0.05, 0) is 38.2 Å². The van der Waals surface area contributed by atoms with E-state index in [9.17, 15) is 14.0 Å². The summed E-state index contributed by atoms with van der Waals surface area (Å²) in [5.41, 5.74) is 0.974. The van der Waals surface area contributed by atoms with E-state index in [2.05, 4.69) is 5.32 Å². The molecule has 0 bridgehead atoms. The fourth-order valence-electron chi connectivity index (χ4n) is 2.61. The maximum Gasteiger partial charge on any atom is 0.225 e. The molecular weight excluding hydrogens is 297 g/mol. The summed E-state index contributed by atoms with van der Waals surface area (Å²) in [4.78, 5) is 27.9. The summed E-state index contributed by atoms with van der Waals surface area (Å²) in [7, 11) is 3.92. The minimum atomic E-state index is -0.266. The van der Waals surface area contributed by atoms with E-state index >= 15 is 0 Å². The number of nitrogens with one attached hydrogen (secondary N) is 1. The van der Waals surface area contributed by atoms with Crippen LogP contribution in [0, 0.1) is 11.7 Å². The third kappa shape index (κ3) is 5.32. The van der Waals surface area contributed by atoms with Crippen molar-refractivity contribution in [1.29, 1.82) is 0 Å². The lowest BCUT2D eigenvalue weighted by atomic mass is 10.1. The molecule has 5 nitrogen and oxygen atoms in total. The van der Waals surface area contributed by atoms with Crippen LogP contribution in [0.4, 0.5) is 4.39 Å². The van der Waals surface area contributed by atoms with Crippen molar-refractivity contribution in [2.75, 3.05) is 40.3 Å². The summed E-state index contributed by atoms with van der Waals surface area (Å²) in [6.45, 7) is 2.44. The molecule has 1 saturated heterocycles. The van der Waals surface area contributed by atoms with Crippen molar-refractivity contribution >= 4 is 11.8 Å². The highest BCUT2D eigenvalue weighted by molar-refractivity contribution is 5.89. The van der Waals surface area contributed by atoms with Gasteiger partial charge in [0, 0.05) is 32.6 Å². The molecule has 0 unspecified atom stereocenters. The van der Waals surface area contributed by atoms with E-state index in [1.165, 1.54) is 12.1 Å². The van der Waals surface area contributed by atoms with Crippen molar-refractivity contribution in [3.05, 3.63) is 35.6 Å². The zero-order valence-electron chi connectivity index (χ0n) is 13.7. The quantitative estimate of drug-likeness (QED) is 0.812. The predicted octanol–water partition coefficient (Wildman–Crippen LogP) is 0.895. The molecular formula is C17H24FN3O2. The maximum absolute atomic E-state index is 12.8. The molecule has 1 aromatic carbocycles. The molecule has 23 heavy (non-hydrogen) atoms. The molecule has 2 amide bonds. The van der Waals surface area contributed by atoms with Gasteiger partial charge in [-0.3, -0.25) is 9.59 Å². The molecule has 1 aliphatic heterocycles. The summed E-state index contributed by atoms with van der Waals surface area (Å²) in [5, 5.41) is 2.87. The van der Waals surface area contributed by atoms with Gasteiger partial charge in [0.05, 0.1) is 5.92 Å². The fraction of sp³-hybridized carbons (Fsp3) is 0.529. The number of amides is 2. The smallest absolute Gasteiger partial charge is 0.225 e. The number of likely N-dealkylation sites (N-methyl/N-ethyl adjacent to an activating group) is 1. The largest absolute Gasteiger partial charge is 0.355 e. The Morgan fingerprint density at radius 3 is 2.70 bits per heavy atom. The number of halogens is 1. The molecule has 2 rings (SSSR count). The van der Waals surface area contributed by atoms with E-state index < -0.39 is 0 Å². The average Bonchev–Trinajstić information content (AvgIpc) is 2.88. The number of rotatable bonds is 7. The molecule has 1 fully saturated rings. The van der Waals surface area contributed by atoms with Crippen LogP contribution in [0.5, 0.6) is 0 Å². The second-order valence-corrected chi connectivity index (χ2v) is 6.21. The summed E-state index contributed by atoms with van der Waals surface area (Å²) >= 11 is 0. The van der Waals surface area contributed by atoms with E-state index in [0.717, 1.165) is 12.1 Å². The number of hydrogen-bond acceptors (Lipinski definition) is 3. The molecule has 1 N–H and O–H groups in total. The van der Waals surface area contributed by atoms with Crippen LogP contribution in [-0.4, -0.2) is 61.9 Å². The zero-order chi connectivity index (χ0) is 16.8. The van der Waals surface area contributed by atoms with Gasteiger partial charge in [0.2, 0.25) is 11.8 Å². The van der Waals surface area contributed by atoms with Crippen LogP contribution in [-0.2, 0) is 16.0 Å². The lowest BCUT2D eigenvalue weighted by Gasteiger charge is -2.19. The maximum atomic E-state index is 12.8. The van der Waals surface area contributed by atoms with Crippen LogP contribution in [0.2, 0.25) is 0 Å². The lowest BCUT2D eigenvalue weighted by Crippen LogP contribution is -2.36. The van der Waals surface area contributed by atoms with Gasteiger partial charge in [-0.25, -0.2) is 4.39 Å². The number of carbonyl (C=O) groups is 2. The molecule has 0 aromatic heterocycles. The van der Waals surface area contributed by atoms with Crippen LogP contribution >= 0.6 is 0 Å². The van der Waals surface area contributed by atoms with Crippen LogP contribution in [0.15, 0.2) is 24.3 Å². The average molecular weight is 321 g/mol. The van der Waals surface area contributed by atoms with Gasteiger partial charge in [-0.1, -0.05) is 12.1 Å². The van der Waals surface area contributed by atoms with Crippen molar-refractivity contribution in [3.8, 4) is 0 Å². The number of benzene rings is 1. The number of nitrogens with zero attached hydrogens (tertiary/aromatic N) is 2. The number of likely N-dealkylation sites (tertiary alicyclic amines) is 1. The first-order valence-corrected chi connectivity index (χ1v) is 7.90. The Hall–Kier alpha value is -1.95. The molecule has 1 aromatic rings. The van der Waals surface area contributed by atoms with Gasteiger partial charge in [-0.15, -0.1) is 0 Å². The first kappa shape index (κ1) is 17.4. The summed E-state index contributed by atoms with van der Waals surface area (Å²) in [5.74, 6) is -0.559. The SMILES string of the molecule is CN(C)CCN1C[C@H](C(=O)NCCc2ccc(F)cc2)CC1=O. The third-order valence-corrected chi connectivity index (χ3v) is 4.03. The molecule has 0 radical (unpaired) electrons. The monoisotopic (exact) mass is 321 g/mol. The lowest BCUT2D eigenvalue weighted by molar-refractivity contribution is -0.129. The summed E-state index contributed by atoms with van der Waals surface area (Å²) in [6.07, 6.45) is 0.937. The Morgan fingerprint density at radius 2 is 2.04 bits per heavy atom. The highest BCUT2D eigenvalue weighted by atomic mass is 19.1. The van der Waals surface area contributed by atoms with E-state index in [0.29, 0.717) is 26.1 Å². The van der Waals surface area contributed by atoms with E-state index in [-0.39, 0.29) is 30.0 Å². The second-order valence-electron chi connectivity index (χ2n) is 6.21. The highest BCUT2D eigenvalue weighted by Crippen LogP contribution is 2.17. The topological polar surface area (TPSA) is 52.6 Å². The molecule has 0 spiro atoms. The van der Waals surface area contributed by atoms with Crippen molar-refractivity contribution in [2.24, 2.45) is 5.92 Å². The van der Waals surface area contributed by atoms with Crippen molar-refractivity contribution < 1.29 is 14.0 Å². The molecule has 126 valence electrons. The first-order valence-electron chi connectivity index (χ1n) is 7.90. The highest BCUT2D eigenvalue weighted by Gasteiger charge is 2.33. The van der Waals surface area contributed by atoms with Crippen molar-refractivity contribution in [2.45, 2.75) is 12.8 Å². The van der Waals surface area contributed by atoms with Gasteiger partial charge >= 0.3 is 0 Å². The minimum Gasteiger partial charge on any atom is -0.355 e. The predicted molar refractivity (Wildman–Crippen MR) is 86.4 cm³/mol. The minimum absolute atomic E-state index is 0.0468. The fourth-order valence-corrected chi connectivity index (χ4v) is 2.61. The van der Waals surface area contributed by atoms with Crippen LogP contribution in [0.1, 0.15) is 12.0 Å². The van der Waals surface area contributed by atoms with Crippen molar-refractivity contribution in [3.63, 3.8) is 0 Å². The van der Waals surface area contributed by atoms with Crippen molar-refractivity contribution in [1.82, 2.24) is 15.1 Å². The number of carbonyl (C=O) groups excluding carboxylic acids is 2. The van der Waals surface area contributed by atoms with E-state index in [4.69, 9.17) is 0 Å². The Balaban J connectivity index is 1.73. The van der Waals surface area contributed by atoms with Gasteiger partial charge in [-0.2, -0.15) is 0 Å². The summed E-state index contributed by atoms with van der Waals surface area (Å²) in [6, 6.07) is 6.25. The normalized spacial score (nSPS) is 17.8. The molecule has 6 heteroatoms. The Kier molecular flexibility index (Phi) is 6.10. The molecule has 1 aliphatic rings. The van der Waals surface area contributed by atoms with Crippen LogP contribution in [0.3, 0.4) is 0 Å². The van der Waals surface area contributed by atoms with Gasteiger partial charge in [0.15, 0.2) is 0 Å². The third-order valence-electron chi connectivity index (χ3n) is 4.03. The van der Waals surface area contributed by atoms with Gasteiger partial charge in [0.1, 0.15) is 5.82 Å². The van der Waals surface area contributed by atoms with Crippen LogP contribution in [0.25, 0.3) is 0 Å². The molecule has 0 aliphatic carbocycles. The molecule has 0 saturated carbocycles.